The zero-order valence-corrected chi connectivity index (χ0v) is 12.7. The van der Waals surface area contributed by atoms with Crippen molar-refractivity contribution < 1.29 is 9.18 Å². The highest BCUT2D eigenvalue weighted by molar-refractivity contribution is 5.87. The van der Waals surface area contributed by atoms with Crippen molar-refractivity contribution in [2.45, 2.75) is 39.7 Å². The van der Waals surface area contributed by atoms with Gasteiger partial charge in [0.25, 0.3) is 0 Å². The Hall–Kier alpha value is -1.22. The Bertz CT molecular complexity index is 484. The number of carbonyl (C=O) groups excluding carboxylic acids is 1. The molecule has 0 bridgehead atoms. The van der Waals surface area contributed by atoms with Gasteiger partial charge in [0.2, 0.25) is 0 Å². The highest BCUT2D eigenvalue weighted by atomic mass is 19.1. The Kier molecular flexibility index (Phi) is 4.59. The minimum absolute atomic E-state index is 0.123. The maximum Gasteiger partial charge on any atom is 0.142 e. The largest absolute Gasteiger partial charge is 0.301 e. The van der Waals surface area contributed by atoms with E-state index in [1.807, 2.05) is 27.0 Å². The van der Waals surface area contributed by atoms with Crippen LogP contribution in [-0.4, -0.2) is 24.3 Å². The van der Waals surface area contributed by atoms with Gasteiger partial charge in [0.1, 0.15) is 11.6 Å². The lowest BCUT2D eigenvalue weighted by molar-refractivity contribution is -0.134. The van der Waals surface area contributed by atoms with Crippen LogP contribution in [0.1, 0.15) is 38.7 Å². The first kappa shape index (κ1) is 15.2. The number of carbonyl (C=O) groups is 1. The lowest BCUT2D eigenvalue weighted by Crippen LogP contribution is -2.40. The molecule has 0 aromatic heterocycles. The van der Waals surface area contributed by atoms with Gasteiger partial charge in [-0.25, -0.2) is 4.39 Å². The molecule has 0 radical (unpaired) electrons. The van der Waals surface area contributed by atoms with Gasteiger partial charge >= 0.3 is 0 Å². The molecule has 110 valence electrons. The molecular formula is C17H24FNO. The predicted octanol–water partition coefficient (Wildman–Crippen LogP) is 3.65. The van der Waals surface area contributed by atoms with E-state index in [1.165, 1.54) is 6.07 Å². The van der Waals surface area contributed by atoms with Gasteiger partial charge in [-0.2, -0.15) is 0 Å². The van der Waals surface area contributed by atoms with Gasteiger partial charge in [-0.05, 0) is 37.6 Å². The highest BCUT2D eigenvalue weighted by Gasteiger charge is 2.37. The number of ketones is 1. The summed E-state index contributed by atoms with van der Waals surface area (Å²) in [6.45, 7) is 5.54. The summed E-state index contributed by atoms with van der Waals surface area (Å²) in [6.07, 6.45) is 3.10. The van der Waals surface area contributed by atoms with E-state index in [1.54, 1.807) is 12.1 Å². The summed E-state index contributed by atoms with van der Waals surface area (Å²) < 4.78 is 13.2. The molecule has 3 heteroatoms. The predicted molar refractivity (Wildman–Crippen MR) is 78.9 cm³/mol. The fourth-order valence-electron chi connectivity index (χ4n) is 3.16. The van der Waals surface area contributed by atoms with Crippen LogP contribution in [0.15, 0.2) is 24.3 Å². The molecule has 1 aromatic carbocycles. The van der Waals surface area contributed by atoms with Crippen molar-refractivity contribution in [3.63, 3.8) is 0 Å². The van der Waals surface area contributed by atoms with Gasteiger partial charge in [-0.1, -0.05) is 32.4 Å². The maximum absolute atomic E-state index is 13.2. The van der Waals surface area contributed by atoms with Crippen molar-refractivity contribution in [1.29, 1.82) is 0 Å². The smallest absolute Gasteiger partial charge is 0.142 e. The molecule has 1 aromatic rings. The normalized spacial score (nSPS) is 22.2. The lowest BCUT2D eigenvalue weighted by Gasteiger charge is -2.35. The number of hydrogen-bond acceptors (Lipinski definition) is 2. The molecule has 0 amide bonds. The topological polar surface area (TPSA) is 20.3 Å². The Labute approximate surface area is 121 Å². The van der Waals surface area contributed by atoms with E-state index in [0.717, 1.165) is 31.4 Å². The summed E-state index contributed by atoms with van der Waals surface area (Å²) >= 11 is 0. The average Bonchev–Trinajstić information content (AvgIpc) is 2.35. The Balaban J connectivity index is 1.94. The third-order valence-electron chi connectivity index (χ3n) is 4.27. The fraction of sp³-hybridized carbons (Fsp3) is 0.588. The van der Waals surface area contributed by atoms with Crippen molar-refractivity contribution in [3.8, 4) is 0 Å². The Morgan fingerprint density at radius 2 is 2.15 bits per heavy atom. The van der Waals surface area contributed by atoms with Crippen molar-refractivity contribution in [2.75, 3.05) is 13.6 Å². The van der Waals surface area contributed by atoms with Crippen LogP contribution < -0.4 is 0 Å². The molecule has 1 aliphatic rings. The molecule has 1 fully saturated rings. The zero-order chi connectivity index (χ0) is 14.8. The fourth-order valence-corrected chi connectivity index (χ4v) is 3.16. The number of halogens is 1. The zero-order valence-electron chi connectivity index (χ0n) is 12.7. The minimum Gasteiger partial charge on any atom is -0.301 e. The summed E-state index contributed by atoms with van der Waals surface area (Å²) in [4.78, 5) is 14.5. The van der Waals surface area contributed by atoms with E-state index >= 15 is 0 Å². The molecule has 1 unspecified atom stereocenters. The SMILES string of the molecule is CN(Cc1cccc(F)c1)CC1CCCC(C)(C)C1=O. The van der Waals surface area contributed by atoms with E-state index in [2.05, 4.69) is 4.90 Å². The first-order valence-corrected chi connectivity index (χ1v) is 7.36. The molecule has 1 aliphatic carbocycles. The van der Waals surface area contributed by atoms with Gasteiger partial charge in [-0.3, -0.25) is 4.79 Å². The third kappa shape index (κ3) is 3.66. The number of benzene rings is 1. The molecule has 1 saturated carbocycles. The average molecular weight is 277 g/mol. The van der Waals surface area contributed by atoms with Crippen LogP contribution in [0.2, 0.25) is 0 Å². The van der Waals surface area contributed by atoms with E-state index < -0.39 is 0 Å². The Morgan fingerprint density at radius 1 is 1.40 bits per heavy atom. The van der Waals surface area contributed by atoms with Crippen LogP contribution in [0.5, 0.6) is 0 Å². The number of hydrogen-bond donors (Lipinski definition) is 0. The summed E-state index contributed by atoms with van der Waals surface area (Å²) in [7, 11) is 2.00. The first-order valence-electron chi connectivity index (χ1n) is 7.36. The number of nitrogens with zero attached hydrogens (tertiary/aromatic N) is 1. The molecule has 0 saturated heterocycles. The molecule has 1 atom stereocenters. The van der Waals surface area contributed by atoms with Crippen LogP contribution in [0.4, 0.5) is 4.39 Å². The van der Waals surface area contributed by atoms with Gasteiger partial charge in [0, 0.05) is 24.4 Å². The van der Waals surface area contributed by atoms with Crippen LogP contribution >= 0.6 is 0 Å². The van der Waals surface area contributed by atoms with Crippen molar-refractivity contribution in [3.05, 3.63) is 35.6 Å². The standard InChI is InChI=1S/C17H24FNO/c1-17(2)9-5-7-14(16(17)20)12-19(3)11-13-6-4-8-15(18)10-13/h4,6,8,10,14H,5,7,9,11-12H2,1-3H3. The van der Waals surface area contributed by atoms with Crippen molar-refractivity contribution >= 4 is 5.78 Å². The summed E-state index contributed by atoms with van der Waals surface area (Å²) in [6, 6.07) is 6.67. The molecule has 20 heavy (non-hydrogen) atoms. The van der Waals surface area contributed by atoms with Crippen molar-refractivity contribution in [2.24, 2.45) is 11.3 Å². The first-order chi connectivity index (χ1) is 9.38. The molecular weight excluding hydrogens is 253 g/mol. The summed E-state index contributed by atoms with van der Waals surface area (Å²) in [5, 5.41) is 0. The number of Topliss-reactive ketones (excluding diaryl/α,β-unsaturated/α-hetero) is 1. The van der Waals surface area contributed by atoms with E-state index in [0.29, 0.717) is 12.3 Å². The van der Waals surface area contributed by atoms with Gasteiger partial charge in [0.05, 0.1) is 0 Å². The molecule has 0 spiro atoms. The second-order valence-electron chi connectivity index (χ2n) is 6.66. The lowest BCUT2D eigenvalue weighted by atomic mass is 9.71. The Morgan fingerprint density at radius 3 is 2.85 bits per heavy atom. The van der Waals surface area contributed by atoms with Gasteiger partial charge < -0.3 is 4.90 Å². The highest BCUT2D eigenvalue weighted by Crippen LogP contribution is 2.35. The van der Waals surface area contributed by atoms with E-state index in [9.17, 15) is 9.18 Å². The second-order valence-corrected chi connectivity index (χ2v) is 6.66. The molecule has 0 N–H and O–H groups in total. The number of rotatable bonds is 4. The molecule has 2 nitrogen and oxygen atoms in total. The maximum atomic E-state index is 13.2. The van der Waals surface area contributed by atoms with Gasteiger partial charge in [0.15, 0.2) is 0 Å². The van der Waals surface area contributed by atoms with Gasteiger partial charge in [-0.15, -0.1) is 0 Å². The van der Waals surface area contributed by atoms with Crippen LogP contribution in [0.3, 0.4) is 0 Å². The van der Waals surface area contributed by atoms with Crippen molar-refractivity contribution in [1.82, 2.24) is 4.90 Å². The third-order valence-corrected chi connectivity index (χ3v) is 4.27. The molecule has 0 aliphatic heterocycles. The van der Waals surface area contributed by atoms with Crippen LogP contribution in [-0.2, 0) is 11.3 Å². The molecule has 2 rings (SSSR count). The van der Waals surface area contributed by atoms with E-state index in [-0.39, 0.29) is 17.2 Å². The van der Waals surface area contributed by atoms with E-state index in [4.69, 9.17) is 0 Å². The summed E-state index contributed by atoms with van der Waals surface area (Å²) in [5.41, 5.74) is 0.776. The minimum atomic E-state index is -0.203. The van der Waals surface area contributed by atoms with Crippen LogP contribution in [0, 0.1) is 17.2 Å². The van der Waals surface area contributed by atoms with Crippen LogP contribution in [0.25, 0.3) is 0 Å². The summed E-state index contributed by atoms with van der Waals surface area (Å²) in [5.74, 6) is 0.304. The molecule has 0 heterocycles. The quantitative estimate of drug-likeness (QED) is 0.837. The monoisotopic (exact) mass is 277 g/mol. The second kappa shape index (κ2) is 6.04.